The topological polar surface area (TPSA) is 73.5 Å². The van der Waals surface area contributed by atoms with Gasteiger partial charge in [-0.1, -0.05) is 29.3 Å². The summed E-state index contributed by atoms with van der Waals surface area (Å²) < 4.78 is 0. The zero-order chi connectivity index (χ0) is 23.2. The minimum Gasteiger partial charge on any atom is -0.370 e. The van der Waals surface area contributed by atoms with E-state index in [-0.39, 0.29) is 11.9 Å². The van der Waals surface area contributed by atoms with Crippen molar-refractivity contribution in [2.24, 2.45) is 0 Å². The number of nitrogens with zero attached hydrogens (tertiary/aromatic N) is 1. The summed E-state index contributed by atoms with van der Waals surface area (Å²) in [6.45, 7) is 3.82. The van der Waals surface area contributed by atoms with Crippen LogP contribution in [0.25, 0.3) is 0 Å². The molecule has 3 N–H and O–H groups in total. The number of amides is 3. The van der Waals surface area contributed by atoms with Crippen LogP contribution in [0.2, 0.25) is 5.02 Å². The molecule has 0 saturated carbocycles. The third-order valence-electron chi connectivity index (χ3n) is 5.58. The lowest BCUT2D eigenvalue weighted by molar-refractivity contribution is 0.102. The smallest absolute Gasteiger partial charge is 0.323 e. The molecule has 0 spiro atoms. The van der Waals surface area contributed by atoms with Crippen LogP contribution in [-0.2, 0) is 0 Å². The fourth-order valence-corrected chi connectivity index (χ4v) is 4.06. The van der Waals surface area contributed by atoms with Crippen LogP contribution in [0.15, 0.2) is 66.7 Å². The van der Waals surface area contributed by atoms with Crippen molar-refractivity contribution < 1.29 is 9.59 Å². The van der Waals surface area contributed by atoms with Gasteiger partial charge < -0.3 is 20.9 Å². The summed E-state index contributed by atoms with van der Waals surface area (Å²) in [5.41, 5.74) is 4.44. The number of halogens is 1. The molecule has 3 aromatic rings. The fourth-order valence-electron chi connectivity index (χ4n) is 3.93. The molecule has 170 valence electrons. The number of anilines is 4. The quantitative estimate of drug-likeness (QED) is 0.403. The summed E-state index contributed by atoms with van der Waals surface area (Å²) in [6, 6.07) is 19.6. The Hall–Kier alpha value is -3.51. The predicted molar refractivity (Wildman–Crippen MR) is 136 cm³/mol. The Labute approximate surface area is 198 Å². The predicted octanol–water partition coefficient (Wildman–Crippen LogP) is 6.54. The summed E-state index contributed by atoms with van der Waals surface area (Å²) in [5, 5.41) is 9.33. The van der Waals surface area contributed by atoms with Crippen molar-refractivity contribution in [2.75, 3.05) is 33.9 Å². The van der Waals surface area contributed by atoms with E-state index in [1.54, 1.807) is 36.4 Å². The molecule has 1 fully saturated rings. The first-order valence-electron chi connectivity index (χ1n) is 11.1. The summed E-state index contributed by atoms with van der Waals surface area (Å²) >= 11 is 5.93. The van der Waals surface area contributed by atoms with E-state index in [2.05, 4.69) is 20.9 Å². The van der Waals surface area contributed by atoms with Crippen LogP contribution in [0.1, 0.15) is 35.2 Å². The Morgan fingerprint density at radius 1 is 0.818 bits per heavy atom. The Kier molecular flexibility index (Phi) is 7.15. The van der Waals surface area contributed by atoms with E-state index in [1.807, 2.05) is 37.3 Å². The van der Waals surface area contributed by atoms with E-state index in [1.165, 1.54) is 6.42 Å². The second-order valence-electron chi connectivity index (χ2n) is 8.19. The van der Waals surface area contributed by atoms with E-state index < -0.39 is 0 Å². The third-order valence-corrected chi connectivity index (χ3v) is 5.83. The molecule has 1 aliphatic rings. The number of hydrogen-bond acceptors (Lipinski definition) is 3. The first kappa shape index (κ1) is 22.7. The van der Waals surface area contributed by atoms with E-state index in [9.17, 15) is 9.59 Å². The number of benzene rings is 3. The van der Waals surface area contributed by atoms with Crippen LogP contribution in [0.5, 0.6) is 0 Å². The Balaban J connectivity index is 1.55. The van der Waals surface area contributed by atoms with Gasteiger partial charge in [0.1, 0.15) is 0 Å². The summed E-state index contributed by atoms with van der Waals surface area (Å²) in [4.78, 5) is 27.7. The van der Waals surface area contributed by atoms with E-state index in [0.29, 0.717) is 27.6 Å². The van der Waals surface area contributed by atoms with Gasteiger partial charge in [0.2, 0.25) is 0 Å². The molecule has 0 radical (unpaired) electrons. The Morgan fingerprint density at radius 3 is 2.27 bits per heavy atom. The molecule has 0 bridgehead atoms. The molecule has 4 rings (SSSR count). The highest BCUT2D eigenvalue weighted by Crippen LogP contribution is 2.32. The number of carbonyl (C=O) groups is 2. The monoisotopic (exact) mass is 462 g/mol. The highest BCUT2D eigenvalue weighted by Gasteiger charge is 2.17. The molecule has 1 saturated heterocycles. The number of rotatable bonds is 5. The molecule has 0 aliphatic carbocycles. The van der Waals surface area contributed by atoms with E-state index >= 15 is 0 Å². The molecule has 7 heteroatoms. The molecule has 0 unspecified atom stereocenters. The maximum atomic E-state index is 12.7. The molecule has 3 amide bonds. The molecule has 33 heavy (non-hydrogen) atoms. The number of piperidine rings is 1. The average Bonchev–Trinajstić information content (AvgIpc) is 2.81. The molecule has 0 atom stereocenters. The van der Waals surface area contributed by atoms with E-state index in [0.717, 1.165) is 37.2 Å². The summed E-state index contributed by atoms with van der Waals surface area (Å²) in [6.07, 6.45) is 3.44. The van der Waals surface area contributed by atoms with Gasteiger partial charge in [-0.05, 0) is 80.8 Å². The van der Waals surface area contributed by atoms with Gasteiger partial charge in [0.25, 0.3) is 5.91 Å². The van der Waals surface area contributed by atoms with Crippen molar-refractivity contribution in [2.45, 2.75) is 26.2 Å². The van der Waals surface area contributed by atoms with Crippen LogP contribution in [-0.4, -0.2) is 25.0 Å². The Bertz CT molecular complexity index is 1140. The van der Waals surface area contributed by atoms with Crippen molar-refractivity contribution in [3.63, 3.8) is 0 Å². The molecule has 1 heterocycles. The minimum absolute atomic E-state index is 0.194. The lowest BCUT2D eigenvalue weighted by Gasteiger charge is -2.31. The lowest BCUT2D eigenvalue weighted by atomic mass is 10.1. The third kappa shape index (κ3) is 6.05. The Morgan fingerprint density at radius 2 is 1.55 bits per heavy atom. The summed E-state index contributed by atoms with van der Waals surface area (Å²) in [5.74, 6) is -0.194. The van der Waals surface area contributed by atoms with Crippen molar-refractivity contribution in [3.8, 4) is 0 Å². The van der Waals surface area contributed by atoms with Gasteiger partial charge >= 0.3 is 6.03 Å². The van der Waals surface area contributed by atoms with Crippen LogP contribution in [0.3, 0.4) is 0 Å². The van der Waals surface area contributed by atoms with Crippen LogP contribution in [0, 0.1) is 6.92 Å². The lowest BCUT2D eigenvalue weighted by Crippen LogP contribution is -2.31. The van der Waals surface area contributed by atoms with Gasteiger partial charge in [0.15, 0.2) is 0 Å². The van der Waals surface area contributed by atoms with Crippen molar-refractivity contribution in [3.05, 3.63) is 82.9 Å². The number of carbonyl (C=O) groups excluding carboxylic acids is 2. The number of aryl methyl sites for hydroxylation is 1. The molecular formula is C26H27ClN4O2. The van der Waals surface area contributed by atoms with Gasteiger partial charge in [-0.15, -0.1) is 0 Å². The average molecular weight is 463 g/mol. The highest BCUT2D eigenvalue weighted by molar-refractivity contribution is 6.30. The fraction of sp³-hybridized carbons (Fsp3) is 0.231. The SMILES string of the molecule is Cc1cccc(C(=O)Nc2ccc(N3CCCCC3)c(NC(=O)Nc3ccc(Cl)cc3)c2)c1. The second-order valence-corrected chi connectivity index (χ2v) is 8.63. The molecule has 1 aliphatic heterocycles. The number of hydrogen-bond donors (Lipinski definition) is 3. The largest absolute Gasteiger partial charge is 0.370 e. The van der Waals surface area contributed by atoms with Crippen molar-refractivity contribution >= 4 is 46.3 Å². The van der Waals surface area contributed by atoms with Crippen molar-refractivity contribution in [1.29, 1.82) is 0 Å². The van der Waals surface area contributed by atoms with Gasteiger partial charge in [-0.25, -0.2) is 4.79 Å². The van der Waals surface area contributed by atoms with E-state index in [4.69, 9.17) is 11.6 Å². The maximum absolute atomic E-state index is 12.7. The first-order chi connectivity index (χ1) is 16.0. The highest BCUT2D eigenvalue weighted by atomic mass is 35.5. The van der Waals surface area contributed by atoms with Gasteiger partial charge in [-0.2, -0.15) is 0 Å². The molecule has 3 aromatic carbocycles. The standard InChI is InChI=1S/C26H27ClN4O2/c1-18-6-5-7-19(16-18)25(32)28-22-12-13-24(31-14-3-2-4-15-31)23(17-22)30-26(33)29-21-10-8-20(27)9-11-21/h5-13,16-17H,2-4,14-15H2,1H3,(H,28,32)(H2,29,30,33). The first-order valence-corrected chi connectivity index (χ1v) is 11.5. The molecule has 6 nitrogen and oxygen atoms in total. The normalized spacial score (nSPS) is 13.3. The number of urea groups is 1. The van der Waals surface area contributed by atoms with Crippen molar-refractivity contribution in [1.82, 2.24) is 0 Å². The van der Waals surface area contributed by atoms with Gasteiger partial charge in [0, 0.05) is 35.1 Å². The van der Waals surface area contributed by atoms with Crippen LogP contribution in [0.4, 0.5) is 27.5 Å². The van der Waals surface area contributed by atoms with Gasteiger partial charge in [0.05, 0.1) is 11.4 Å². The minimum atomic E-state index is -0.363. The van der Waals surface area contributed by atoms with Gasteiger partial charge in [-0.3, -0.25) is 4.79 Å². The molecule has 0 aromatic heterocycles. The zero-order valence-corrected chi connectivity index (χ0v) is 19.3. The second kappa shape index (κ2) is 10.4. The maximum Gasteiger partial charge on any atom is 0.323 e. The molecular weight excluding hydrogens is 436 g/mol. The zero-order valence-electron chi connectivity index (χ0n) is 18.5. The number of nitrogens with one attached hydrogen (secondary N) is 3. The van der Waals surface area contributed by atoms with Crippen LogP contribution >= 0.6 is 11.6 Å². The summed E-state index contributed by atoms with van der Waals surface area (Å²) in [7, 11) is 0. The van der Waals surface area contributed by atoms with Crippen LogP contribution < -0.4 is 20.9 Å².